The van der Waals surface area contributed by atoms with Crippen LogP contribution in [-0.2, 0) is 31.1 Å². The van der Waals surface area contributed by atoms with Gasteiger partial charge in [-0.2, -0.15) is 4.31 Å². The van der Waals surface area contributed by atoms with Gasteiger partial charge in [-0.25, -0.2) is 21.2 Å². The van der Waals surface area contributed by atoms with Crippen molar-refractivity contribution in [3.8, 4) is 22.6 Å². The fourth-order valence-electron chi connectivity index (χ4n) is 7.14. The molecule has 0 bridgehead atoms. The molecule has 14 heteroatoms. The quantitative estimate of drug-likeness (QED) is 0.203. The highest BCUT2D eigenvalue weighted by atomic mass is 32.2. The van der Waals surface area contributed by atoms with Crippen molar-refractivity contribution in [2.75, 3.05) is 39.5 Å². The van der Waals surface area contributed by atoms with Crippen LogP contribution in [0.15, 0.2) is 70.5 Å². The third-order valence-electron chi connectivity index (χ3n) is 10.5. The number of benzene rings is 3. The molecule has 1 saturated carbocycles. The van der Waals surface area contributed by atoms with Gasteiger partial charge in [-0.05, 0) is 105 Å². The van der Waals surface area contributed by atoms with E-state index >= 15 is 0 Å². The van der Waals surface area contributed by atoms with Crippen LogP contribution in [0, 0.1) is 11.7 Å². The van der Waals surface area contributed by atoms with Crippen LogP contribution in [0.4, 0.5) is 4.39 Å². The number of hydrogen-bond acceptors (Lipinski definition) is 10. The summed E-state index contributed by atoms with van der Waals surface area (Å²) < 4.78 is 86.5. The Bertz CT molecular complexity index is 1930. The predicted molar refractivity (Wildman–Crippen MR) is 189 cm³/mol. The SMILES string of the molecule is CCOc1ccc(-c2ccc(CN)c(F)c2)cc1S(=O)(=O)N1CCC2(CC1)C[C@H](CC[C@H](O)COc1cccc(S(=O)(=O)C3(CO)CC3)c1)CO2. The fraction of sp³-hybridized carbons (Fsp3) is 0.514. The summed E-state index contributed by atoms with van der Waals surface area (Å²) in [5, 5.41) is 20.3. The summed E-state index contributed by atoms with van der Waals surface area (Å²) in [5.74, 6) is 0.321. The molecule has 2 saturated heterocycles. The van der Waals surface area contributed by atoms with Crippen molar-refractivity contribution >= 4 is 19.9 Å². The molecule has 1 spiro atoms. The molecule has 3 fully saturated rings. The van der Waals surface area contributed by atoms with Gasteiger partial charge in [-0.15, -0.1) is 0 Å². The second kappa shape index (κ2) is 15.1. The second-order valence-corrected chi connectivity index (χ2v) is 18.2. The lowest BCUT2D eigenvalue weighted by atomic mass is 9.84. The average Bonchev–Trinajstić information content (AvgIpc) is 3.86. The number of piperidine rings is 1. The molecule has 4 N–H and O–H groups in total. The van der Waals surface area contributed by atoms with Crippen LogP contribution in [0.2, 0.25) is 0 Å². The van der Waals surface area contributed by atoms with Gasteiger partial charge in [-0.3, -0.25) is 0 Å². The molecule has 278 valence electrons. The maximum Gasteiger partial charge on any atom is 0.246 e. The summed E-state index contributed by atoms with van der Waals surface area (Å²) in [5.41, 5.74) is 6.63. The Kier molecular flexibility index (Phi) is 11.1. The number of nitrogens with two attached hydrogens (primary N) is 1. The van der Waals surface area contributed by atoms with E-state index in [1.165, 1.54) is 28.6 Å². The fourth-order valence-corrected chi connectivity index (χ4v) is 10.6. The third kappa shape index (κ3) is 7.82. The van der Waals surface area contributed by atoms with Crippen molar-refractivity contribution in [3.63, 3.8) is 0 Å². The van der Waals surface area contributed by atoms with E-state index in [1.54, 1.807) is 43.3 Å². The summed E-state index contributed by atoms with van der Waals surface area (Å²) in [6.45, 7) is 2.78. The molecule has 6 rings (SSSR count). The van der Waals surface area contributed by atoms with Gasteiger partial charge in [0.05, 0.1) is 41.2 Å². The van der Waals surface area contributed by atoms with Crippen molar-refractivity contribution in [1.29, 1.82) is 0 Å². The molecule has 51 heavy (non-hydrogen) atoms. The van der Waals surface area contributed by atoms with Crippen molar-refractivity contribution in [2.24, 2.45) is 11.7 Å². The first-order valence-corrected chi connectivity index (χ1v) is 20.4. The van der Waals surface area contributed by atoms with Gasteiger partial charge in [-0.1, -0.05) is 24.3 Å². The van der Waals surface area contributed by atoms with Crippen molar-refractivity contribution < 1.29 is 45.6 Å². The Labute approximate surface area is 299 Å². The number of sulfone groups is 1. The zero-order valence-electron chi connectivity index (χ0n) is 28.8. The molecule has 0 radical (unpaired) electrons. The summed E-state index contributed by atoms with van der Waals surface area (Å²) in [6.07, 6.45) is 3.06. The third-order valence-corrected chi connectivity index (χ3v) is 15.0. The van der Waals surface area contributed by atoms with E-state index in [1.807, 2.05) is 0 Å². The van der Waals surface area contributed by atoms with Crippen LogP contribution < -0.4 is 15.2 Å². The smallest absolute Gasteiger partial charge is 0.246 e. The highest BCUT2D eigenvalue weighted by Crippen LogP contribution is 2.47. The number of sulfonamides is 1. The predicted octanol–water partition coefficient (Wildman–Crippen LogP) is 4.43. The topological polar surface area (TPSA) is 166 Å². The van der Waals surface area contributed by atoms with Crippen LogP contribution in [0.5, 0.6) is 11.5 Å². The molecule has 2 heterocycles. The lowest BCUT2D eigenvalue weighted by molar-refractivity contribution is -0.0314. The van der Waals surface area contributed by atoms with E-state index in [9.17, 15) is 31.4 Å². The number of aliphatic hydroxyl groups is 2. The van der Waals surface area contributed by atoms with Crippen LogP contribution in [-0.4, -0.2) is 87.3 Å². The summed E-state index contributed by atoms with van der Waals surface area (Å²) in [7, 11) is -7.63. The van der Waals surface area contributed by atoms with Gasteiger partial charge in [0.2, 0.25) is 10.0 Å². The Morgan fingerprint density at radius 2 is 1.73 bits per heavy atom. The van der Waals surface area contributed by atoms with Gasteiger partial charge in [0, 0.05) is 25.2 Å². The molecule has 3 aliphatic rings. The molecule has 0 unspecified atom stereocenters. The van der Waals surface area contributed by atoms with Crippen LogP contribution >= 0.6 is 0 Å². The maximum atomic E-state index is 14.5. The standard InChI is InChI=1S/C37H47FN2O9S2/c1-2-47-34-11-9-28(27-7-8-29(22-39)33(38)18-27)19-35(34)51(45,46)40-16-14-36(15-17-40)21-26(23-49-36)6-10-30(42)24-48-31-4-3-5-32(20-31)50(43,44)37(25-41)12-13-37/h3-5,7-9,11,18-20,26,30,41-42H,2,6,10,12-17,21-25,39H2,1H3/t26-,30-/m0/s1. The van der Waals surface area contributed by atoms with E-state index in [-0.39, 0.29) is 54.3 Å². The molecule has 0 aromatic heterocycles. The molecular weight excluding hydrogens is 700 g/mol. The Morgan fingerprint density at radius 1 is 1.00 bits per heavy atom. The number of nitrogens with zero attached hydrogens (tertiary/aromatic N) is 1. The van der Waals surface area contributed by atoms with E-state index in [2.05, 4.69) is 0 Å². The lowest BCUT2D eigenvalue weighted by Crippen LogP contribution is -2.46. The van der Waals surface area contributed by atoms with Gasteiger partial charge < -0.3 is 30.2 Å². The average molecular weight is 747 g/mol. The zero-order valence-corrected chi connectivity index (χ0v) is 30.4. The van der Waals surface area contributed by atoms with E-state index in [0.29, 0.717) is 67.6 Å². The number of ether oxygens (including phenoxy) is 3. The molecule has 0 amide bonds. The molecule has 2 atom stereocenters. The van der Waals surface area contributed by atoms with Gasteiger partial charge in [0.15, 0.2) is 9.84 Å². The number of aliphatic hydroxyl groups excluding tert-OH is 2. The van der Waals surface area contributed by atoms with Crippen molar-refractivity contribution in [1.82, 2.24) is 4.31 Å². The van der Waals surface area contributed by atoms with Crippen LogP contribution in [0.1, 0.15) is 57.4 Å². The highest BCUT2D eigenvalue weighted by molar-refractivity contribution is 7.93. The van der Waals surface area contributed by atoms with Crippen molar-refractivity contribution in [2.45, 2.75) is 84.7 Å². The zero-order chi connectivity index (χ0) is 36.4. The highest BCUT2D eigenvalue weighted by Gasteiger charge is 2.54. The Hall–Kier alpha value is -3.11. The molecule has 2 aliphatic heterocycles. The Balaban J connectivity index is 1.02. The summed E-state index contributed by atoms with van der Waals surface area (Å²) >= 11 is 0. The summed E-state index contributed by atoms with van der Waals surface area (Å²) in [4.78, 5) is 0.134. The monoisotopic (exact) mass is 746 g/mol. The minimum absolute atomic E-state index is 0.000925. The Morgan fingerprint density at radius 3 is 2.39 bits per heavy atom. The molecule has 3 aromatic carbocycles. The molecule has 11 nitrogen and oxygen atoms in total. The van der Waals surface area contributed by atoms with Gasteiger partial charge in [0.1, 0.15) is 28.8 Å². The first-order chi connectivity index (χ1) is 24.3. The van der Waals surface area contributed by atoms with E-state index < -0.39 is 48.7 Å². The van der Waals surface area contributed by atoms with Gasteiger partial charge in [0.25, 0.3) is 0 Å². The number of hydrogen-bond donors (Lipinski definition) is 3. The van der Waals surface area contributed by atoms with Crippen molar-refractivity contribution in [3.05, 3.63) is 72.0 Å². The number of rotatable bonds is 15. The molecular formula is C37H47FN2O9S2. The second-order valence-electron chi connectivity index (χ2n) is 13.9. The van der Waals surface area contributed by atoms with Crippen LogP contribution in [0.25, 0.3) is 11.1 Å². The minimum atomic E-state index is -3.95. The van der Waals surface area contributed by atoms with Crippen LogP contribution in [0.3, 0.4) is 0 Å². The first-order valence-electron chi connectivity index (χ1n) is 17.5. The van der Waals surface area contributed by atoms with E-state index in [4.69, 9.17) is 19.9 Å². The lowest BCUT2D eigenvalue weighted by Gasteiger charge is -2.38. The van der Waals surface area contributed by atoms with E-state index in [0.717, 1.165) is 6.42 Å². The van der Waals surface area contributed by atoms with Gasteiger partial charge >= 0.3 is 0 Å². The molecule has 3 aromatic rings. The first kappa shape index (κ1) is 37.6. The molecule has 1 aliphatic carbocycles. The largest absolute Gasteiger partial charge is 0.492 e. The normalized spacial score (nSPS) is 20.7. The minimum Gasteiger partial charge on any atom is -0.492 e. The summed E-state index contributed by atoms with van der Waals surface area (Å²) in [6, 6.07) is 15.7. The number of halogens is 1. The maximum absolute atomic E-state index is 14.5.